The molecule has 1 atom stereocenters. The van der Waals surface area contributed by atoms with Crippen molar-refractivity contribution in [1.29, 1.82) is 0 Å². The molecule has 1 unspecified atom stereocenters. The molecule has 0 spiro atoms. The molecule has 1 fully saturated rings. The number of nitrogens with zero attached hydrogens (tertiary/aromatic N) is 1. The van der Waals surface area contributed by atoms with Crippen molar-refractivity contribution in [2.24, 2.45) is 0 Å². The maximum Gasteiger partial charge on any atom is 0.125 e. The van der Waals surface area contributed by atoms with Crippen LogP contribution >= 0.6 is 0 Å². The molecule has 112 valence electrons. The van der Waals surface area contributed by atoms with Crippen LogP contribution in [0.1, 0.15) is 19.4 Å². The molecule has 4 nitrogen and oxygen atoms in total. The molecule has 5 heteroatoms. The van der Waals surface area contributed by atoms with Crippen molar-refractivity contribution in [2.75, 3.05) is 26.3 Å². The van der Waals surface area contributed by atoms with E-state index in [1.54, 1.807) is 6.07 Å². The van der Waals surface area contributed by atoms with E-state index in [9.17, 15) is 9.50 Å². The fourth-order valence-electron chi connectivity index (χ4n) is 2.31. The molecule has 20 heavy (non-hydrogen) atoms. The molecule has 0 amide bonds. The Morgan fingerprint density at radius 2 is 2.30 bits per heavy atom. The minimum Gasteiger partial charge on any atom is -0.490 e. The lowest BCUT2D eigenvalue weighted by atomic mass is 10.2. The fraction of sp³-hybridized carbons (Fsp3) is 0.600. The number of rotatable bonds is 5. The Morgan fingerprint density at radius 1 is 1.50 bits per heavy atom. The molecule has 0 aliphatic carbocycles. The lowest BCUT2D eigenvalue weighted by molar-refractivity contribution is -0.0566. The van der Waals surface area contributed by atoms with Crippen LogP contribution in [-0.2, 0) is 11.3 Å². The molecule has 1 aliphatic rings. The molecule has 1 aromatic rings. The molecule has 1 saturated heterocycles. The summed E-state index contributed by atoms with van der Waals surface area (Å²) in [5.41, 5.74) is 0.460. The van der Waals surface area contributed by atoms with Gasteiger partial charge in [0.25, 0.3) is 0 Å². The summed E-state index contributed by atoms with van der Waals surface area (Å²) in [6.45, 7) is 6.95. The maximum atomic E-state index is 13.1. The molecule has 2 rings (SSSR count). The Bertz CT molecular complexity index is 439. The highest BCUT2D eigenvalue weighted by molar-refractivity contribution is 5.33. The van der Waals surface area contributed by atoms with Gasteiger partial charge in [-0.3, -0.25) is 4.90 Å². The van der Waals surface area contributed by atoms with Crippen LogP contribution in [0.3, 0.4) is 0 Å². The summed E-state index contributed by atoms with van der Waals surface area (Å²) >= 11 is 0. The van der Waals surface area contributed by atoms with Crippen molar-refractivity contribution in [1.82, 2.24) is 4.90 Å². The van der Waals surface area contributed by atoms with Crippen LogP contribution in [0.2, 0.25) is 0 Å². The van der Waals surface area contributed by atoms with Crippen LogP contribution in [0.25, 0.3) is 0 Å². The smallest absolute Gasteiger partial charge is 0.125 e. The van der Waals surface area contributed by atoms with Crippen LogP contribution in [0.5, 0.6) is 5.75 Å². The zero-order valence-electron chi connectivity index (χ0n) is 12.0. The molecule has 0 saturated carbocycles. The normalized spacial score (nSPS) is 20.4. The third kappa shape index (κ3) is 3.91. The van der Waals surface area contributed by atoms with Crippen molar-refractivity contribution in [3.05, 3.63) is 29.6 Å². The highest BCUT2D eigenvalue weighted by Gasteiger charge is 2.22. The monoisotopic (exact) mass is 283 g/mol. The first-order valence-electron chi connectivity index (χ1n) is 6.98. The number of ether oxygens (including phenoxy) is 2. The van der Waals surface area contributed by atoms with E-state index >= 15 is 0 Å². The first-order valence-corrected chi connectivity index (χ1v) is 6.98. The first kappa shape index (κ1) is 15.2. The van der Waals surface area contributed by atoms with Crippen molar-refractivity contribution in [3.8, 4) is 5.75 Å². The van der Waals surface area contributed by atoms with Gasteiger partial charge in [0.2, 0.25) is 0 Å². The Kier molecular flexibility index (Phi) is 5.34. The number of aliphatic hydroxyl groups excluding tert-OH is 1. The topological polar surface area (TPSA) is 41.9 Å². The summed E-state index contributed by atoms with van der Waals surface area (Å²) in [6, 6.07) is 4.65. The standard InChI is InChI=1S/C15H22FNO3/c1-11(2)17-5-6-19-14(8-17)10-20-15-4-3-13(16)7-12(15)9-18/h3-4,7,11,14,18H,5-6,8-10H2,1-2H3. The van der Waals surface area contributed by atoms with Gasteiger partial charge in [0.15, 0.2) is 0 Å². The van der Waals surface area contributed by atoms with Gasteiger partial charge in [0.1, 0.15) is 24.3 Å². The van der Waals surface area contributed by atoms with E-state index in [4.69, 9.17) is 9.47 Å². The van der Waals surface area contributed by atoms with E-state index in [1.165, 1.54) is 12.1 Å². The Morgan fingerprint density at radius 3 is 3.00 bits per heavy atom. The van der Waals surface area contributed by atoms with Crippen LogP contribution in [-0.4, -0.2) is 48.5 Å². The van der Waals surface area contributed by atoms with Crippen LogP contribution in [0.15, 0.2) is 18.2 Å². The van der Waals surface area contributed by atoms with E-state index in [0.29, 0.717) is 30.6 Å². The highest BCUT2D eigenvalue weighted by atomic mass is 19.1. The number of halogens is 1. The number of aliphatic hydroxyl groups is 1. The lowest BCUT2D eigenvalue weighted by Crippen LogP contribution is -2.47. The van der Waals surface area contributed by atoms with Gasteiger partial charge in [-0.2, -0.15) is 0 Å². The lowest BCUT2D eigenvalue weighted by Gasteiger charge is -2.35. The third-order valence-corrected chi connectivity index (χ3v) is 3.52. The van der Waals surface area contributed by atoms with Crippen LogP contribution in [0.4, 0.5) is 4.39 Å². The SMILES string of the molecule is CC(C)N1CCOC(COc2ccc(F)cc2CO)C1. The van der Waals surface area contributed by atoms with Gasteiger partial charge in [-0.15, -0.1) is 0 Å². The molecule has 0 bridgehead atoms. The van der Waals surface area contributed by atoms with Gasteiger partial charge in [-0.05, 0) is 32.0 Å². The van der Waals surface area contributed by atoms with Gasteiger partial charge >= 0.3 is 0 Å². The molecule has 1 N–H and O–H groups in total. The van der Waals surface area contributed by atoms with E-state index in [-0.39, 0.29) is 18.5 Å². The minimum atomic E-state index is -0.374. The second-order valence-corrected chi connectivity index (χ2v) is 5.30. The molecule has 1 aliphatic heterocycles. The van der Waals surface area contributed by atoms with Crippen LogP contribution < -0.4 is 4.74 Å². The highest BCUT2D eigenvalue weighted by Crippen LogP contribution is 2.20. The molecule has 0 aromatic heterocycles. The quantitative estimate of drug-likeness (QED) is 0.895. The van der Waals surface area contributed by atoms with Gasteiger partial charge in [-0.25, -0.2) is 4.39 Å². The van der Waals surface area contributed by atoms with Crippen molar-refractivity contribution < 1.29 is 19.0 Å². The van der Waals surface area contributed by atoms with E-state index in [0.717, 1.165) is 13.1 Å². The number of hydrogen-bond acceptors (Lipinski definition) is 4. The second kappa shape index (κ2) is 7.02. The van der Waals surface area contributed by atoms with E-state index in [1.807, 2.05) is 0 Å². The largest absolute Gasteiger partial charge is 0.490 e. The van der Waals surface area contributed by atoms with E-state index in [2.05, 4.69) is 18.7 Å². The number of morpholine rings is 1. The summed E-state index contributed by atoms with van der Waals surface area (Å²) in [4.78, 5) is 2.34. The molecule has 1 aromatic carbocycles. The summed E-state index contributed by atoms with van der Waals surface area (Å²) in [5, 5.41) is 9.21. The van der Waals surface area contributed by atoms with Gasteiger partial charge in [0.05, 0.1) is 13.2 Å². The third-order valence-electron chi connectivity index (χ3n) is 3.52. The summed E-state index contributed by atoms with van der Waals surface area (Å²) in [5.74, 6) is 0.139. The Labute approximate surface area is 119 Å². The van der Waals surface area contributed by atoms with Crippen molar-refractivity contribution >= 4 is 0 Å². The molecule has 1 heterocycles. The number of benzene rings is 1. The fourth-order valence-corrected chi connectivity index (χ4v) is 2.31. The van der Waals surface area contributed by atoms with Gasteiger partial charge in [-0.1, -0.05) is 0 Å². The molecule has 0 radical (unpaired) electrons. The maximum absolute atomic E-state index is 13.1. The number of hydrogen-bond donors (Lipinski definition) is 1. The first-order chi connectivity index (χ1) is 9.60. The van der Waals surface area contributed by atoms with Crippen molar-refractivity contribution in [3.63, 3.8) is 0 Å². The predicted molar refractivity (Wildman–Crippen MR) is 74.3 cm³/mol. The van der Waals surface area contributed by atoms with Gasteiger partial charge < -0.3 is 14.6 Å². The predicted octanol–water partition coefficient (Wildman–Crippen LogP) is 1.81. The molecular weight excluding hydrogens is 261 g/mol. The van der Waals surface area contributed by atoms with Gasteiger partial charge in [0, 0.05) is 24.7 Å². The van der Waals surface area contributed by atoms with Crippen LogP contribution in [0, 0.1) is 5.82 Å². The molecular formula is C15H22FNO3. The summed E-state index contributed by atoms with van der Waals surface area (Å²) in [6.07, 6.45) is 0.00254. The van der Waals surface area contributed by atoms with E-state index < -0.39 is 0 Å². The second-order valence-electron chi connectivity index (χ2n) is 5.30. The average Bonchev–Trinajstić information content (AvgIpc) is 2.46. The Hall–Kier alpha value is -1.17. The average molecular weight is 283 g/mol. The zero-order chi connectivity index (χ0) is 14.5. The zero-order valence-corrected chi connectivity index (χ0v) is 12.0. The Balaban J connectivity index is 1.91. The summed E-state index contributed by atoms with van der Waals surface area (Å²) < 4.78 is 24.4. The minimum absolute atomic E-state index is 0.00254. The van der Waals surface area contributed by atoms with Crippen molar-refractivity contribution in [2.45, 2.75) is 32.6 Å². The summed E-state index contributed by atoms with van der Waals surface area (Å²) in [7, 11) is 0.